The Labute approximate surface area is 104 Å². The van der Waals surface area contributed by atoms with Gasteiger partial charge in [0.15, 0.2) is 0 Å². The molecule has 0 aliphatic rings. The van der Waals surface area contributed by atoms with Crippen LogP contribution in [0.2, 0.25) is 0 Å². The Hall–Kier alpha value is -0.900. The number of nitrogens with one attached hydrogen (secondary N) is 1. The van der Waals surface area contributed by atoms with E-state index in [2.05, 4.69) is 19.2 Å². The fraction of sp³-hybridized carbons (Fsp3) is 0.571. The van der Waals surface area contributed by atoms with Gasteiger partial charge < -0.3 is 15.2 Å². The molecule has 0 fully saturated rings. The van der Waals surface area contributed by atoms with Gasteiger partial charge in [0.1, 0.15) is 0 Å². The summed E-state index contributed by atoms with van der Waals surface area (Å²) in [6.45, 7) is 6.34. The highest BCUT2D eigenvalue weighted by molar-refractivity contribution is 5.28. The molecule has 0 aliphatic heterocycles. The topological polar surface area (TPSA) is 41.5 Å². The lowest BCUT2D eigenvalue weighted by atomic mass is 10.0. The molecule has 0 aliphatic carbocycles. The van der Waals surface area contributed by atoms with Crippen LogP contribution < -0.4 is 5.32 Å². The summed E-state index contributed by atoms with van der Waals surface area (Å²) in [6, 6.07) is 7.85. The van der Waals surface area contributed by atoms with Crippen molar-refractivity contribution in [3.63, 3.8) is 0 Å². The van der Waals surface area contributed by atoms with E-state index in [-0.39, 0.29) is 0 Å². The Morgan fingerprint density at radius 1 is 1.24 bits per heavy atom. The molecule has 1 rings (SSSR count). The van der Waals surface area contributed by atoms with E-state index in [1.807, 2.05) is 24.3 Å². The summed E-state index contributed by atoms with van der Waals surface area (Å²) >= 11 is 0. The largest absolute Gasteiger partial charge is 0.387 e. The second-order valence-electron chi connectivity index (χ2n) is 4.70. The van der Waals surface area contributed by atoms with Crippen molar-refractivity contribution in [2.75, 3.05) is 20.2 Å². The maximum Gasteiger partial charge on any atom is 0.0917 e. The van der Waals surface area contributed by atoms with Gasteiger partial charge in [-0.05, 0) is 23.6 Å². The maximum atomic E-state index is 10.1. The van der Waals surface area contributed by atoms with Crippen LogP contribution in [0.3, 0.4) is 0 Å². The number of hydrogen-bond acceptors (Lipinski definition) is 3. The van der Waals surface area contributed by atoms with E-state index >= 15 is 0 Å². The van der Waals surface area contributed by atoms with Gasteiger partial charge in [-0.25, -0.2) is 0 Å². The van der Waals surface area contributed by atoms with Gasteiger partial charge >= 0.3 is 0 Å². The molecule has 0 saturated carbocycles. The van der Waals surface area contributed by atoms with Crippen LogP contribution in [0.25, 0.3) is 0 Å². The third-order valence-corrected chi connectivity index (χ3v) is 2.60. The second kappa shape index (κ2) is 7.43. The summed E-state index contributed by atoms with van der Waals surface area (Å²) < 4.78 is 5.13. The highest BCUT2D eigenvalue weighted by Gasteiger charge is 2.11. The fourth-order valence-corrected chi connectivity index (χ4v) is 1.76. The lowest BCUT2D eigenvalue weighted by Gasteiger charge is -2.16. The lowest BCUT2D eigenvalue weighted by molar-refractivity contribution is 0.159. The van der Waals surface area contributed by atoms with Crippen LogP contribution in [0.1, 0.15) is 31.1 Å². The van der Waals surface area contributed by atoms with Crippen molar-refractivity contribution in [2.45, 2.75) is 26.6 Å². The molecular formula is C14H23NO2. The third-order valence-electron chi connectivity index (χ3n) is 2.60. The molecule has 2 N–H and O–H groups in total. The van der Waals surface area contributed by atoms with Crippen molar-refractivity contribution < 1.29 is 9.84 Å². The zero-order valence-electron chi connectivity index (χ0n) is 10.9. The van der Waals surface area contributed by atoms with Crippen LogP contribution >= 0.6 is 0 Å². The minimum atomic E-state index is -0.472. The zero-order valence-corrected chi connectivity index (χ0v) is 10.9. The average molecular weight is 237 g/mol. The Balaban J connectivity index is 2.58. The van der Waals surface area contributed by atoms with Crippen LogP contribution in [0.5, 0.6) is 0 Å². The first-order chi connectivity index (χ1) is 8.15. The Morgan fingerprint density at radius 2 is 1.94 bits per heavy atom. The lowest BCUT2D eigenvalue weighted by Crippen LogP contribution is -2.25. The van der Waals surface area contributed by atoms with E-state index in [1.54, 1.807) is 7.11 Å². The first kappa shape index (κ1) is 14.2. The SMILES string of the molecule is COCc1ccccc1C(O)CNCC(C)C. The van der Waals surface area contributed by atoms with Crippen molar-refractivity contribution in [3.8, 4) is 0 Å². The minimum Gasteiger partial charge on any atom is -0.387 e. The van der Waals surface area contributed by atoms with Crippen molar-refractivity contribution in [1.82, 2.24) is 5.32 Å². The number of methoxy groups -OCH3 is 1. The van der Waals surface area contributed by atoms with Gasteiger partial charge in [-0.1, -0.05) is 38.1 Å². The van der Waals surface area contributed by atoms with E-state index in [1.165, 1.54) is 0 Å². The fourth-order valence-electron chi connectivity index (χ4n) is 1.76. The number of aliphatic hydroxyl groups excluding tert-OH is 1. The first-order valence-corrected chi connectivity index (χ1v) is 6.10. The number of ether oxygens (including phenoxy) is 1. The van der Waals surface area contributed by atoms with Gasteiger partial charge in [-0.3, -0.25) is 0 Å². The van der Waals surface area contributed by atoms with Gasteiger partial charge in [0.2, 0.25) is 0 Å². The van der Waals surface area contributed by atoms with Gasteiger partial charge in [-0.15, -0.1) is 0 Å². The monoisotopic (exact) mass is 237 g/mol. The van der Waals surface area contributed by atoms with Crippen molar-refractivity contribution in [3.05, 3.63) is 35.4 Å². The van der Waals surface area contributed by atoms with Crippen LogP contribution in [0.4, 0.5) is 0 Å². The molecule has 0 amide bonds. The number of hydrogen-bond donors (Lipinski definition) is 2. The molecule has 0 saturated heterocycles. The van der Waals surface area contributed by atoms with Crippen LogP contribution in [0.15, 0.2) is 24.3 Å². The van der Waals surface area contributed by atoms with Gasteiger partial charge in [0.25, 0.3) is 0 Å². The van der Waals surface area contributed by atoms with E-state index < -0.39 is 6.10 Å². The number of rotatable bonds is 7. The summed E-state index contributed by atoms with van der Waals surface area (Å²) in [6.07, 6.45) is -0.472. The second-order valence-corrected chi connectivity index (χ2v) is 4.70. The summed E-state index contributed by atoms with van der Waals surface area (Å²) in [5.74, 6) is 0.594. The Bertz CT molecular complexity index is 326. The van der Waals surface area contributed by atoms with Crippen molar-refractivity contribution >= 4 is 0 Å². The molecule has 0 heterocycles. The van der Waals surface area contributed by atoms with Crippen LogP contribution in [0, 0.1) is 5.92 Å². The third kappa shape index (κ3) is 4.86. The molecule has 3 heteroatoms. The predicted octanol–water partition coefficient (Wildman–Crippen LogP) is 2.11. The molecule has 17 heavy (non-hydrogen) atoms. The smallest absolute Gasteiger partial charge is 0.0917 e. The molecule has 1 aromatic rings. The quantitative estimate of drug-likeness (QED) is 0.763. The van der Waals surface area contributed by atoms with E-state index in [4.69, 9.17) is 4.74 Å². The first-order valence-electron chi connectivity index (χ1n) is 6.10. The van der Waals surface area contributed by atoms with Gasteiger partial charge in [-0.2, -0.15) is 0 Å². The van der Waals surface area contributed by atoms with E-state index in [9.17, 15) is 5.11 Å². The van der Waals surface area contributed by atoms with Gasteiger partial charge in [0.05, 0.1) is 12.7 Å². The van der Waals surface area contributed by atoms with Crippen molar-refractivity contribution in [1.29, 1.82) is 0 Å². The van der Waals surface area contributed by atoms with Crippen LogP contribution in [-0.2, 0) is 11.3 Å². The molecule has 1 atom stereocenters. The highest BCUT2D eigenvalue weighted by Crippen LogP contribution is 2.18. The summed E-state index contributed by atoms with van der Waals surface area (Å²) in [5.41, 5.74) is 2.00. The molecule has 1 unspecified atom stereocenters. The Kier molecular flexibility index (Phi) is 6.19. The molecule has 96 valence electrons. The molecule has 0 bridgehead atoms. The molecule has 0 radical (unpaired) electrons. The predicted molar refractivity (Wildman–Crippen MR) is 69.8 cm³/mol. The minimum absolute atomic E-state index is 0.472. The molecule has 0 spiro atoms. The molecule has 1 aromatic carbocycles. The summed E-state index contributed by atoms with van der Waals surface area (Å²) in [7, 11) is 1.67. The van der Waals surface area contributed by atoms with Crippen LogP contribution in [-0.4, -0.2) is 25.3 Å². The number of aliphatic hydroxyl groups is 1. The maximum absolute atomic E-state index is 10.1. The highest BCUT2D eigenvalue weighted by atomic mass is 16.5. The Morgan fingerprint density at radius 3 is 2.59 bits per heavy atom. The van der Waals surface area contributed by atoms with Crippen molar-refractivity contribution in [2.24, 2.45) is 5.92 Å². The zero-order chi connectivity index (χ0) is 12.7. The summed E-state index contributed by atoms with van der Waals surface area (Å²) in [5, 5.41) is 13.4. The van der Waals surface area contributed by atoms with E-state index in [0.29, 0.717) is 19.1 Å². The molecular weight excluding hydrogens is 214 g/mol. The normalized spacial score (nSPS) is 13.0. The number of benzene rings is 1. The van der Waals surface area contributed by atoms with E-state index in [0.717, 1.165) is 17.7 Å². The van der Waals surface area contributed by atoms with Gasteiger partial charge in [0, 0.05) is 13.7 Å². The standard InChI is InChI=1S/C14H23NO2/c1-11(2)8-15-9-14(16)13-7-5-4-6-12(13)10-17-3/h4-7,11,14-16H,8-10H2,1-3H3. The average Bonchev–Trinajstić information content (AvgIpc) is 2.29. The molecule has 0 aromatic heterocycles. The molecule has 3 nitrogen and oxygen atoms in total. The summed E-state index contributed by atoms with van der Waals surface area (Å²) in [4.78, 5) is 0.